The third-order valence-corrected chi connectivity index (χ3v) is 9.34. The number of rotatable bonds is 12. The summed E-state index contributed by atoms with van der Waals surface area (Å²) in [6, 6.07) is 36.4. The Morgan fingerprint density at radius 2 is 1.60 bits per heavy atom. The van der Waals surface area contributed by atoms with E-state index in [2.05, 4.69) is 25.9 Å². The number of anilines is 2. The Bertz CT molecular complexity index is 2110. The van der Waals surface area contributed by atoms with Gasteiger partial charge in [-0.05, 0) is 77.9 Å². The molecule has 50 heavy (non-hydrogen) atoms. The third-order valence-electron chi connectivity index (χ3n) is 7.33. The van der Waals surface area contributed by atoms with Crippen molar-refractivity contribution >= 4 is 57.7 Å². The largest absolute Gasteiger partial charge is 0.497 e. The summed E-state index contributed by atoms with van der Waals surface area (Å²) in [4.78, 5) is 49.9. The topological polar surface area (TPSA) is 122 Å². The highest BCUT2D eigenvalue weighted by molar-refractivity contribution is 8.00. The smallest absolute Gasteiger partial charge is 0.272 e. The van der Waals surface area contributed by atoms with E-state index in [-0.39, 0.29) is 11.6 Å². The molecule has 6 rings (SSSR count). The highest BCUT2D eigenvalue weighted by Crippen LogP contribution is 2.38. The molecule has 9 nitrogen and oxygen atoms in total. The number of aromatic nitrogens is 2. The number of pyridine rings is 1. The number of amides is 3. The molecule has 1 unspecified atom stereocenters. The molecular formula is C39H31N5O4S2. The summed E-state index contributed by atoms with van der Waals surface area (Å²) in [6.45, 7) is 0. The molecule has 0 radical (unpaired) electrons. The molecule has 1 atom stereocenters. The molecule has 3 N–H and O–H groups in total. The van der Waals surface area contributed by atoms with Crippen molar-refractivity contribution in [2.75, 3.05) is 17.7 Å². The van der Waals surface area contributed by atoms with Gasteiger partial charge >= 0.3 is 0 Å². The van der Waals surface area contributed by atoms with Gasteiger partial charge in [-0.3, -0.25) is 19.4 Å². The van der Waals surface area contributed by atoms with Gasteiger partial charge in [-0.1, -0.05) is 60.7 Å². The number of nitrogens with one attached hydrogen (secondary N) is 3. The minimum atomic E-state index is -0.623. The van der Waals surface area contributed by atoms with Gasteiger partial charge < -0.3 is 20.7 Å². The van der Waals surface area contributed by atoms with Gasteiger partial charge in [-0.25, -0.2) is 4.98 Å². The lowest BCUT2D eigenvalue weighted by molar-refractivity contribution is -0.116. The SMILES string of the molecule is COc1ccc(-c2csc(NC(=O)C(Sc3cccc(NC(=O)/C(=C/c4cccnc4)NC(=O)c4ccccc4)c3)c3ccccc3)n2)cc1. The second kappa shape index (κ2) is 16.4. The maximum Gasteiger partial charge on any atom is 0.272 e. The molecule has 11 heteroatoms. The average molecular weight is 698 g/mol. The zero-order valence-corrected chi connectivity index (χ0v) is 28.4. The van der Waals surface area contributed by atoms with Gasteiger partial charge in [0.15, 0.2) is 5.13 Å². The monoisotopic (exact) mass is 697 g/mol. The fraction of sp³-hybridized carbons (Fsp3) is 0.0513. The van der Waals surface area contributed by atoms with Crippen LogP contribution in [0.2, 0.25) is 0 Å². The van der Waals surface area contributed by atoms with Gasteiger partial charge in [-0.15, -0.1) is 23.1 Å². The van der Waals surface area contributed by atoms with Crippen LogP contribution in [0, 0.1) is 0 Å². The normalized spacial score (nSPS) is 11.7. The van der Waals surface area contributed by atoms with Gasteiger partial charge in [-0.2, -0.15) is 0 Å². The van der Waals surface area contributed by atoms with E-state index < -0.39 is 17.1 Å². The van der Waals surface area contributed by atoms with Crippen LogP contribution >= 0.6 is 23.1 Å². The van der Waals surface area contributed by atoms with Crippen LogP contribution in [0.5, 0.6) is 5.75 Å². The lowest BCUT2D eigenvalue weighted by atomic mass is 10.1. The maximum atomic E-state index is 13.8. The first-order valence-corrected chi connectivity index (χ1v) is 17.2. The first-order chi connectivity index (χ1) is 24.4. The molecule has 3 amide bonds. The standard InChI is InChI=1S/C39H31N5O4S2/c1-48-31-19-17-27(18-20-31)34-25-49-39(43-34)44-38(47)35(28-11-4-2-5-12-28)50-32-16-8-15-30(23-32)41-37(46)33(22-26-10-9-21-40-24-26)42-36(45)29-13-6-3-7-14-29/h2-25,35H,1H3,(H,41,46)(H,42,45)(H,43,44,47)/b33-22-. The molecule has 6 aromatic rings. The van der Waals surface area contributed by atoms with Crippen molar-refractivity contribution in [2.45, 2.75) is 10.1 Å². The zero-order valence-electron chi connectivity index (χ0n) is 26.8. The van der Waals surface area contributed by atoms with Crippen molar-refractivity contribution in [3.63, 3.8) is 0 Å². The highest BCUT2D eigenvalue weighted by Gasteiger charge is 2.24. The Balaban J connectivity index is 1.19. The van der Waals surface area contributed by atoms with Crippen LogP contribution in [-0.4, -0.2) is 34.8 Å². The Morgan fingerprint density at radius 3 is 2.32 bits per heavy atom. The van der Waals surface area contributed by atoms with Crippen LogP contribution < -0.4 is 20.7 Å². The van der Waals surface area contributed by atoms with Crippen LogP contribution in [0.4, 0.5) is 10.8 Å². The van der Waals surface area contributed by atoms with Gasteiger partial charge in [0, 0.05) is 39.5 Å². The Morgan fingerprint density at radius 1 is 0.840 bits per heavy atom. The number of benzene rings is 4. The molecule has 0 aliphatic carbocycles. The number of hydrogen-bond donors (Lipinski definition) is 3. The number of thioether (sulfide) groups is 1. The zero-order chi connectivity index (χ0) is 34.7. The van der Waals surface area contributed by atoms with Crippen molar-refractivity contribution in [2.24, 2.45) is 0 Å². The fourth-order valence-corrected chi connectivity index (χ4v) is 6.66. The molecule has 0 aliphatic rings. The van der Waals surface area contributed by atoms with Crippen molar-refractivity contribution < 1.29 is 19.1 Å². The third kappa shape index (κ3) is 8.90. The predicted octanol–water partition coefficient (Wildman–Crippen LogP) is 8.10. The van der Waals surface area contributed by atoms with Crippen LogP contribution in [0.1, 0.15) is 26.7 Å². The number of hydrogen-bond acceptors (Lipinski definition) is 8. The van der Waals surface area contributed by atoms with Gasteiger partial charge in [0.25, 0.3) is 11.8 Å². The summed E-state index contributed by atoms with van der Waals surface area (Å²) in [5.41, 5.74) is 4.05. The van der Waals surface area contributed by atoms with E-state index in [1.807, 2.05) is 72.1 Å². The molecule has 0 aliphatic heterocycles. The highest BCUT2D eigenvalue weighted by atomic mass is 32.2. The van der Waals surface area contributed by atoms with Crippen LogP contribution in [-0.2, 0) is 9.59 Å². The van der Waals surface area contributed by atoms with Gasteiger partial charge in [0.2, 0.25) is 5.91 Å². The van der Waals surface area contributed by atoms with Crippen molar-refractivity contribution in [1.82, 2.24) is 15.3 Å². The van der Waals surface area contributed by atoms with E-state index in [4.69, 9.17) is 4.74 Å². The molecule has 2 aromatic heterocycles. The summed E-state index contributed by atoms with van der Waals surface area (Å²) >= 11 is 2.69. The Hall–Kier alpha value is -6.04. The molecule has 2 heterocycles. The number of ether oxygens (including phenoxy) is 1. The molecule has 0 saturated carbocycles. The number of nitrogens with zero attached hydrogens (tertiary/aromatic N) is 2. The number of carbonyl (C=O) groups excluding carboxylic acids is 3. The van der Waals surface area contributed by atoms with E-state index >= 15 is 0 Å². The summed E-state index contributed by atoms with van der Waals surface area (Å²) in [7, 11) is 1.62. The lowest BCUT2D eigenvalue weighted by Gasteiger charge is -2.17. The summed E-state index contributed by atoms with van der Waals surface area (Å²) in [5.74, 6) is -0.431. The maximum absolute atomic E-state index is 13.8. The average Bonchev–Trinajstić information content (AvgIpc) is 3.63. The quantitative estimate of drug-likeness (QED) is 0.0873. The molecule has 0 fully saturated rings. The van der Waals surface area contributed by atoms with Crippen LogP contribution in [0.15, 0.2) is 150 Å². The number of thiazole rings is 1. The minimum Gasteiger partial charge on any atom is -0.497 e. The predicted molar refractivity (Wildman–Crippen MR) is 199 cm³/mol. The number of methoxy groups -OCH3 is 1. The van der Waals surface area contributed by atoms with E-state index in [9.17, 15) is 14.4 Å². The second-order valence-corrected chi connectivity index (χ2v) is 12.8. The van der Waals surface area contributed by atoms with Crippen LogP contribution in [0.3, 0.4) is 0 Å². The van der Waals surface area contributed by atoms with Gasteiger partial charge in [0.1, 0.15) is 16.7 Å². The molecule has 0 saturated heterocycles. The van der Waals surface area contributed by atoms with E-state index in [1.165, 1.54) is 23.1 Å². The van der Waals surface area contributed by atoms with E-state index in [0.29, 0.717) is 21.9 Å². The lowest BCUT2D eigenvalue weighted by Crippen LogP contribution is -2.30. The molecule has 0 spiro atoms. The summed E-state index contributed by atoms with van der Waals surface area (Å²) in [6.07, 6.45) is 4.79. The van der Waals surface area contributed by atoms with Crippen molar-refractivity contribution in [1.29, 1.82) is 0 Å². The minimum absolute atomic E-state index is 0.0453. The van der Waals surface area contributed by atoms with E-state index in [1.54, 1.807) is 80.2 Å². The van der Waals surface area contributed by atoms with Crippen molar-refractivity contribution in [3.8, 4) is 17.0 Å². The first-order valence-electron chi connectivity index (χ1n) is 15.5. The summed E-state index contributed by atoms with van der Waals surface area (Å²) in [5, 5.41) is 10.4. The molecule has 248 valence electrons. The van der Waals surface area contributed by atoms with Gasteiger partial charge in [0.05, 0.1) is 12.8 Å². The molecule has 4 aromatic carbocycles. The Labute approximate surface area is 297 Å². The number of carbonyl (C=O) groups is 3. The fourth-order valence-electron chi connectivity index (χ4n) is 4.85. The summed E-state index contributed by atoms with van der Waals surface area (Å²) < 4.78 is 5.25. The second-order valence-electron chi connectivity index (χ2n) is 10.8. The van der Waals surface area contributed by atoms with E-state index in [0.717, 1.165) is 27.5 Å². The van der Waals surface area contributed by atoms with Crippen LogP contribution in [0.25, 0.3) is 17.3 Å². The first kappa shape index (κ1) is 33.8. The Kier molecular flexibility index (Phi) is 11.1. The molecule has 0 bridgehead atoms. The van der Waals surface area contributed by atoms with Crippen molar-refractivity contribution in [3.05, 3.63) is 161 Å². The molecular weight excluding hydrogens is 667 g/mol.